The van der Waals surface area contributed by atoms with Crippen LogP contribution < -0.4 is 5.73 Å². The molecule has 8 unspecified atom stereocenters. The van der Waals surface area contributed by atoms with E-state index >= 15 is 0 Å². The van der Waals surface area contributed by atoms with Crippen LogP contribution in [0, 0.1) is 40.9 Å². The number of esters is 1. The summed E-state index contributed by atoms with van der Waals surface area (Å²) in [6.45, 7) is 0.711. The zero-order valence-electron chi connectivity index (χ0n) is 10.7. The van der Waals surface area contributed by atoms with Gasteiger partial charge in [-0.05, 0) is 61.2 Å². The first-order valence-corrected chi connectivity index (χ1v) is 7.59. The number of carbonyl (C=O) groups is 1. The van der Waals surface area contributed by atoms with Crippen LogP contribution in [0.4, 0.5) is 0 Å². The molecule has 1 aliphatic heterocycles. The van der Waals surface area contributed by atoms with Crippen LogP contribution in [0.5, 0.6) is 0 Å². The second-order valence-corrected chi connectivity index (χ2v) is 7.72. The lowest BCUT2D eigenvalue weighted by molar-refractivity contribution is -0.137. The zero-order chi connectivity index (χ0) is 12.1. The van der Waals surface area contributed by atoms with Gasteiger partial charge in [0.15, 0.2) is 0 Å². The Bertz CT molecular complexity index is 436. The first-order valence-electron chi connectivity index (χ1n) is 7.59. The van der Waals surface area contributed by atoms with Gasteiger partial charge >= 0.3 is 5.97 Å². The standard InChI is InChI=1S/C15H21NO2/c16-11-3-7-1-9(11)14-10-2-8(13(7)14)4-15(10)5-12(17)18-6-15/h7-11,13-14H,1-6,16H2. The number of nitrogens with two attached hydrogens (primary N) is 1. The van der Waals surface area contributed by atoms with Gasteiger partial charge in [0.1, 0.15) is 0 Å². The number of rotatable bonds is 0. The molecular weight excluding hydrogens is 226 g/mol. The quantitative estimate of drug-likeness (QED) is 0.522. The Hall–Kier alpha value is -0.570. The van der Waals surface area contributed by atoms with E-state index in [9.17, 15) is 4.79 Å². The van der Waals surface area contributed by atoms with Gasteiger partial charge in [-0.3, -0.25) is 4.79 Å². The number of carbonyl (C=O) groups excluding carboxylic acids is 1. The van der Waals surface area contributed by atoms with Gasteiger partial charge in [-0.15, -0.1) is 0 Å². The summed E-state index contributed by atoms with van der Waals surface area (Å²) >= 11 is 0. The van der Waals surface area contributed by atoms with Gasteiger partial charge in [0.25, 0.3) is 0 Å². The lowest BCUT2D eigenvalue weighted by atomic mass is 9.60. The third-order valence-corrected chi connectivity index (χ3v) is 7.22. The Morgan fingerprint density at radius 1 is 1.17 bits per heavy atom. The Morgan fingerprint density at radius 3 is 2.83 bits per heavy atom. The van der Waals surface area contributed by atoms with E-state index in [0.29, 0.717) is 19.1 Å². The van der Waals surface area contributed by atoms with Crippen molar-refractivity contribution in [1.29, 1.82) is 0 Å². The average molecular weight is 247 g/mol. The smallest absolute Gasteiger partial charge is 0.306 e. The molecule has 0 aromatic heterocycles. The van der Waals surface area contributed by atoms with Crippen LogP contribution in [-0.2, 0) is 9.53 Å². The molecule has 3 heteroatoms. The molecule has 4 saturated carbocycles. The molecule has 1 spiro atoms. The van der Waals surface area contributed by atoms with E-state index in [-0.39, 0.29) is 11.4 Å². The van der Waals surface area contributed by atoms with E-state index in [1.165, 1.54) is 25.7 Å². The number of cyclic esters (lactones) is 1. The first kappa shape index (κ1) is 10.2. The van der Waals surface area contributed by atoms with Gasteiger partial charge in [0.2, 0.25) is 0 Å². The molecule has 0 aromatic rings. The molecule has 0 radical (unpaired) electrons. The summed E-state index contributed by atoms with van der Waals surface area (Å²) in [5.41, 5.74) is 6.55. The van der Waals surface area contributed by atoms with Crippen molar-refractivity contribution in [2.45, 2.75) is 38.1 Å². The maximum atomic E-state index is 11.5. The summed E-state index contributed by atoms with van der Waals surface area (Å²) in [6, 6.07) is 0.450. The minimum atomic E-state index is 0.0477. The van der Waals surface area contributed by atoms with Crippen molar-refractivity contribution >= 4 is 5.97 Å². The molecular formula is C15H21NO2. The molecule has 8 atom stereocenters. The van der Waals surface area contributed by atoms with Gasteiger partial charge in [-0.1, -0.05) is 0 Å². The fourth-order valence-corrected chi connectivity index (χ4v) is 6.94. The van der Waals surface area contributed by atoms with Gasteiger partial charge in [-0.25, -0.2) is 0 Å². The van der Waals surface area contributed by atoms with Crippen LogP contribution in [0.25, 0.3) is 0 Å². The van der Waals surface area contributed by atoms with Gasteiger partial charge < -0.3 is 10.5 Å². The topological polar surface area (TPSA) is 52.3 Å². The first-order chi connectivity index (χ1) is 8.68. The molecule has 18 heavy (non-hydrogen) atoms. The maximum absolute atomic E-state index is 11.5. The molecule has 1 saturated heterocycles. The monoisotopic (exact) mass is 247 g/mol. The zero-order valence-corrected chi connectivity index (χ0v) is 10.7. The van der Waals surface area contributed by atoms with E-state index in [2.05, 4.69) is 0 Å². The summed E-state index contributed by atoms with van der Waals surface area (Å²) in [5.74, 6) is 5.17. The van der Waals surface area contributed by atoms with Crippen molar-refractivity contribution in [3.05, 3.63) is 0 Å². The summed E-state index contributed by atoms with van der Waals surface area (Å²) in [4.78, 5) is 11.5. The fraction of sp³-hybridized carbons (Fsp3) is 0.933. The fourth-order valence-electron chi connectivity index (χ4n) is 6.94. The van der Waals surface area contributed by atoms with Crippen molar-refractivity contribution in [1.82, 2.24) is 0 Å². The number of hydrogen-bond donors (Lipinski definition) is 1. The highest BCUT2D eigenvalue weighted by Crippen LogP contribution is 2.72. The second kappa shape index (κ2) is 2.95. The lowest BCUT2D eigenvalue weighted by Gasteiger charge is -2.44. The Balaban J connectivity index is 1.53. The van der Waals surface area contributed by atoms with E-state index in [1.807, 2.05) is 0 Å². The Labute approximate surface area is 107 Å². The molecule has 1 heterocycles. The molecule has 0 amide bonds. The molecule has 5 rings (SSSR count). The van der Waals surface area contributed by atoms with E-state index in [0.717, 1.165) is 35.5 Å². The molecule has 5 fully saturated rings. The minimum absolute atomic E-state index is 0.0477. The van der Waals surface area contributed by atoms with Gasteiger partial charge in [-0.2, -0.15) is 0 Å². The number of hydrogen-bond acceptors (Lipinski definition) is 3. The number of fused-ring (bicyclic) bond motifs is 10. The molecule has 5 aliphatic rings. The van der Waals surface area contributed by atoms with Crippen LogP contribution in [0.15, 0.2) is 0 Å². The van der Waals surface area contributed by atoms with Gasteiger partial charge in [0, 0.05) is 11.5 Å². The molecule has 4 aliphatic carbocycles. The second-order valence-electron chi connectivity index (χ2n) is 7.72. The van der Waals surface area contributed by atoms with Crippen molar-refractivity contribution in [2.75, 3.05) is 6.61 Å². The lowest BCUT2D eigenvalue weighted by Crippen LogP contribution is -2.45. The van der Waals surface area contributed by atoms with Crippen LogP contribution in [0.3, 0.4) is 0 Å². The van der Waals surface area contributed by atoms with Crippen LogP contribution in [0.2, 0.25) is 0 Å². The molecule has 98 valence electrons. The molecule has 4 bridgehead atoms. The highest BCUT2D eigenvalue weighted by molar-refractivity contribution is 5.72. The molecule has 0 aromatic carbocycles. The summed E-state index contributed by atoms with van der Waals surface area (Å²) in [6.07, 6.45) is 5.99. The van der Waals surface area contributed by atoms with Crippen LogP contribution in [-0.4, -0.2) is 18.6 Å². The SMILES string of the molecule is NC1CC2CC1C1C2C2CC1C1(COC(=O)C1)C2. The van der Waals surface area contributed by atoms with E-state index in [1.54, 1.807) is 0 Å². The van der Waals surface area contributed by atoms with E-state index in [4.69, 9.17) is 10.5 Å². The van der Waals surface area contributed by atoms with E-state index < -0.39 is 0 Å². The van der Waals surface area contributed by atoms with Crippen LogP contribution in [0.1, 0.15) is 32.1 Å². The largest absolute Gasteiger partial charge is 0.465 e. The van der Waals surface area contributed by atoms with Crippen molar-refractivity contribution in [3.63, 3.8) is 0 Å². The normalized spacial score (nSPS) is 63.8. The third kappa shape index (κ3) is 0.974. The Morgan fingerprint density at radius 2 is 2.06 bits per heavy atom. The van der Waals surface area contributed by atoms with Crippen LogP contribution >= 0.6 is 0 Å². The average Bonchev–Trinajstić information content (AvgIpc) is 3.04. The predicted octanol–water partition coefficient (Wildman–Crippen LogP) is 1.56. The molecule has 3 nitrogen and oxygen atoms in total. The summed E-state index contributed by atoms with van der Waals surface area (Å²) < 4.78 is 5.33. The van der Waals surface area contributed by atoms with Crippen molar-refractivity contribution < 1.29 is 9.53 Å². The third-order valence-electron chi connectivity index (χ3n) is 7.22. The highest BCUT2D eigenvalue weighted by Gasteiger charge is 2.69. The van der Waals surface area contributed by atoms with Gasteiger partial charge in [0.05, 0.1) is 13.0 Å². The maximum Gasteiger partial charge on any atom is 0.306 e. The van der Waals surface area contributed by atoms with Crippen molar-refractivity contribution in [3.8, 4) is 0 Å². The number of ether oxygens (including phenoxy) is 1. The minimum Gasteiger partial charge on any atom is -0.465 e. The summed E-state index contributed by atoms with van der Waals surface area (Å²) in [7, 11) is 0. The predicted molar refractivity (Wildman–Crippen MR) is 65.4 cm³/mol. The van der Waals surface area contributed by atoms with Crippen molar-refractivity contribution in [2.24, 2.45) is 46.7 Å². The highest BCUT2D eigenvalue weighted by atomic mass is 16.5. The molecule has 2 N–H and O–H groups in total. The summed E-state index contributed by atoms with van der Waals surface area (Å²) in [5, 5.41) is 0. The Kier molecular flexibility index (Phi) is 1.68.